The minimum atomic E-state index is 0.0463. The van der Waals surface area contributed by atoms with E-state index in [4.69, 9.17) is 21.1 Å². The number of rotatable bonds is 8. The lowest BCUT2D eigenvalue weighted by Gasteiger charge is -2.32. The van der Waals surface area contributed by atoms with Crippen LogP contribution in [0.15, 0.2) is 42.5 Å². The molecule has 2 aromatic carbocycles. The quantitative estimate of drug-likeness (QED) is 0.675. The van der Waals surface area contributed by atoms with Crippen LogP contribution in [0.25, 0.3) is 0 Å². The van der Waals surface area contributed by atoms with Crippen LogP contribution >= 0.6 is 11.6 Å². The van der Waals surface area contributed by atoms with Gasteiger partial charge in [-0.1, -0.05) is 29.8 Å². The first-order chi connectivity index (χ1) is 15.0. The molecule has 166 valence electrons. The van der Waals surface area contributed by atoms with Gasteiger partial charge >= 0.3 is 0 Å². The lowest BCUT2D eigenvalue weighted by molar-refractivity contribution is -0.131. The maximum Gasteiger partial charge on any atom is 0.226 e. The second-order valence-corrected chi connectivity index (χ2v) is 8.15. The Morgan fingerprint density at radius 3 is 2.29 bits per heavy atom. The predicted octanol–water partition coefficient (Wildman–Crippen LogP) is 3.64. The summed E-state index contributed by atoms with van der Waals surface area (Å²) >= 11 is 5.89. The maximum atomic E-state index is 12.7. The third-order valence-electron chi connectivity index (χ3n) is 5.57. The Hall–Kier alpha value is -2.73. The van der Waals surface area contributed by atoms with Gasteiger partial charge in [-0.2, -0.15) is 0 Å². The Bertz CT molecular complexity index is 893. The molecule has 0 atom stereocenters. The van der Waals surface area contributed by atoms with Crippen LogP contribution in [-0.2, 0) is 22.4 Å². The van der Waals surface area contributed by atoms with E-state index in [1.165, 1.54) is 0 Å². The first kappa shape index (κ1) is 22.9. The van der Waals surface area contributed by atoms with Crippen molar-refractivity contribution < 1.29 is 19.1 Å². The van der Waals surface area contributed by atoms with Crippen LogP contribution in [0, 0.1) is 0 Å². The molecule has 1 fully saturated rings. The van der Waals surface area contributed by atoms with E-state index in [1.54, 1.807) is 14.2 Å². The third-order valence-corrected chi connectivity index (χ3v) is 5.82. The molecule has 0 unspecified atom stereocenters. The predicted molar refractivity (Wildman–Crippen MR) is 121 cm³/mol. The van der Waals surface area contributed by atoms with E-state index < -0.39 is 0 Å². The molecule has 1 aliphatic heterocycles. The molecule has 0 radical (unpaired) electrons. The fourth-order valence-electron chi connectivity index (χ4n) is 3.76. The van der Waals surface area contributed by atoms with Gasteiger partial charge in [-0.25, -0.2) is 0 Å². The second kappa shape index (κ2) is 11.0. The average Bonchev–Trinajstić information content (AvgIpc) is 2.79. The molecule has 1 saturated heterocycles. The van der Waals surface area contributed by atoms with Gasteiger partial charge < -0.3 is 19.7 Å². The number of hydrogen-bond acceptors (Lipinski definition) is 4. The van der Waals surface area contributed by atoms with Crippen molar-refractivity contribution in [2.45, 2.75) is 38.1 Å². The van der Waals surface area contributed by atoms with Crippen molar-refractivity contribution in [2.75, 3.05) is 27.3 Å². The van der Waals surface area contributed by atoms with E-state index in [2.05, 4.69) is 5.32 Å². The van der Waals surface area contributed by atoms with Crippen LogP contribution in [0.5, 0.6) is 11.5 Å². The summed E-state index contributed by atoms with van der Waals surface area (Å²) in [6.07, 6.45) is 2.99. The van der Waals surface area contributed by atoms with Gasteiger partial charge in [0.1, 0.15) is 0 Å². The summed E-state index contributed by atoms with van der Waals surface area (Å²) in [5.41, 5.74) is 1.98. The van der Waals surface area contributed by atoms with Crippen LogP contribution in [0.1, 0.15) is 30.4 Å². The highest BCUT2D eigenvalue weighted by Gasteiger charge is 2.24. The smallest absolute Gasteiger partial charge is 0.226 e. The molecule has 0 bridgehead atoms. The first-order valence-electron chi connectivity index (χ1n) is 10.5. The first-order valence-corrected chi connectivity index (χ1v) is 10.9. The summed E-state index contributed by atoms with van der Waals surface area (Å²) in [6, 6.07) is 13.2. The Labute approximate surface area is 188 Å². The molecule has 1 heterocycles. The van der Waals surface area contributed by atoms with Crippen LogP contribution in [0.2, 0.25) is 5.02 Å². The van der Waals surface area contributed by atoms with Crippen molar-refractivity contribution in [3.8, 4) is 11.5 Å². The maximum absolute atomic E-state index is 12.7. The number of ether oxygens (including phenoxy) is 2. The van der Waals surface area contributed by atoms with Crippen molar-refractivity contribution in [1.82, 2.24) is 10.2 Å². The lowest BCUT2D eigenvalue weighted by atomic mass is 10.0. The van der Waals surface area contributed by atoms with E-state index >= 15 is 0 Å². The molecule has 2 amide bonds. The van der Waals surface area contributed by atoms with Crippen molar-refractivity contribution in [3.63, 3.8) is 0 Å². The molecule has 31 heavy (non-hydrogen) atoms. The van der Waals surface area contributed by atoms with Gasteiger partial charge in [0.15, 0.2) is 11.5 Å². The Morgan fingerprint density at radius 2 is 1.65 bits per heavy atom. The van der Waals surface area contributed by atoms with Gasteiger partial charge in [0.25, 0.3) is 0 Å². The Morgan fingerprint density at radius 1 is 1.00 bits per heavy atom. The summed E-state index contributed by atoms with van der Waals surface area (Å²) in [7, 11) is 3.17. The van der Waals surface area contributed by atoms with Gasteiger partial charge in [0, 0.05) is 30.6 Å². The van der Waals surface area contributed by atoms with Crippen molar-refractivity contribution in [1.29, 1.82) is 0 Å². The SMILES string of the molecule is COc1ccc(CC(=O)N2CCC(NC(=O)CCc3ccc(Cl)cc3)CC2)cc1OC. The number of carbonyl (C=O) groups is 2. The van der Waals surface area contributed by atoms with Crippen LogP contribution in [0.3, 0.4) is 0 Å². The third kappa shape index (κ3) is 6.62. The summed E-state index contributed by atoms with van der Waals surface area (Å²) in [4.78, 5) is 26.8. The van der Waals surface area contributed by atoms with E-state index in [9.17, 15) is 9.59 Å². The largest absolute Gasteiger partial charge is 0.493 e. The number of halogens is 1. The minimum absolute atomic E-state index is 0.0463. The molecule has 2 aromatic rings. The zero-order valence-corrected chi connectivity index (χ0v) is 18.8. The monoisotopic (exact) mass is 444 g/mol. The summed E-state index contributed by atoms with van der Waals surface area (Å²) in [5, 5.41) is 3.80. The van der Waals surface area contributed by atoms with E-state index in [0.29, 0.717) is 48.9 Å². The van der Waals surface area contributed by atoms with E-state index in [-0.39, 0.29) is 17.9 Å². The number of hydrogen-bond donors (Lipinski definition) is 1. The average molecular weight is 445 g/mol. The standard InChI is InChI=1S/C24H29ClN2O4/c1-30-21-9-5-18(15-22(21)31-2)16-24(29)27-13-11-20(12-14-27)26-23(28)10-6-17-3-7-19(25)8-4-17/h3-5,7-9,15,20H,6,10-14,16H2,1-2H3,(H,26,28). The summed E-state index contributed by atoms with van der Waals surface area (Å²) in [6.45, 7) is 1.29. The number of benzene rings is 2. The molecule has 7 heteroatoms. The Kier molecular flexibility index (Phi) is 8.18. The Balaban J connectivity index is 1.42. The molecular formula is C24H29ClN2O4. The molecular weight excluding hydrogens is 416 g/mol. The van der Waals surface area contributed by atoms with Crippen molar-refractivity contribution in [3.05, 3.63) is 58.6 Å². The number of likely N-dealkylation sites (tertiary alicyclic amines) is 1. The highest BCUT2D eigenvalue weighted by molar-refractivity contribution is 6.30. The molecule has 1 N–H and O–H groups in total. The molecule has 3 rings (SSSR count). The van der Waals surface area contributed by atoms with Crippen molar-refractivity contribution >= 4 is 23.4 Å². The second-order valence-electron chi connectivity index (χ2n) is 7.72. The summed E-state index contributed by atoms with van der Waals surface area (Å²) in [5.74, 6) is 1.39. The number of methoxy groups -OCH3 is 2. The molecule has 6 nitrogen and oxygen atoms in total. The highest BCUT2D eigenvalue weighted by atomic mass is 35.5. The van der Waals surface area contributed by atoms with Crippen LogP contribution in [0.4, 0.5) is 0 Å². The normalized spacial score (nSPS) is 14.2. The molecule has 0 aromatic heterocycles. The van der Waals surface area contributed by atoms with Crippen molar-refractivity contribution in [2.24, 2.45) is 0 Å². The number of amides is 2. The lowest BCUT2D eigenvalue weighted by Crippen LogP contribution is -2.47. The number of aryl methyl sites for hydroxylation is 1. The molecule has 0 spiro atoms. The zero-order valence-electron chi connectivity index (χ0n) is 18.0. The van der Waals surface area contributed by atoms with Gasteiger partial charge in [0.2, 0.25) is 11.8 Å². The van der Waals surface area contributed by atoms with Gasteiger partial charge in [0.05, 0.1) is 20.6 Å². The zero-order chi connectivity index (χ0) is 22.2. The molecule has 0 saturated carbocycles. The van der Waals surface area contributed by atoms with Crippen LogP contribution in [-0.4, -0.2) is 50.1 Å². The number of nitrogens with zero attached hydrogens (tertiary/aromatic N) is 1. The topological polar surface area (TPSA) is 67.9 Å². The van der Waals surface area contributed by atoms with E-state index in [0.717, 1.165) is 24.0 Å². The number of piperidine rings is 1. The summed E-state index contributed by atoms with van der Waals surface area (Å²) < 4.78 is 10.6. The van der Waals surface area contributed by atoms with E-state index in [1.807, 2.05) is 47.4 Å². The van der Waals surface area contributed by atoms with Gasteiger partial charge in [-0.3, -0.25) is 9.59 Å². The van der Waals surface area contributed by atoms with Gasteiger partial charge in [-0.05, 0) is 54.7 Å². The molecule has 1 aliphatic rings. The van der Waals surface area contributed by atoms with Crippen LogP contribution < -0.4 is 14.8 Å². The van der Waals surface area contributed by atoms with Gasteiger partial charge in [-0.15, -0.1) is 0 Å². The number of carbonyl (C=O) groups excluding carboxylic acids is 2. The highest BCUT2D eigenvalue weighted by Crippen LogP contribution is 2.28. The fourth-order valence-corrected chi connectivity index (χ4v) is 3.89. The number of nitrogens with one attached hydrogen (secondary N) is 1. The fraction of sp³-hybridized carbons (Fsp3) is 0.417. The minimum Gasteiger partial charge on any atom is -0.493 e. The molecule has 0 aliphatic carbocycles.